The molecule has 2 aromatic rings. The Balaban J connectivity index is 1.66. The molecule has 0 spiro atoms. The van der Waals surface area contributed by atoms with Crippen molar-refractivity contribution >= 4 is 44.8 Å². The van der Waals surface area contributed by atoms with E-state index in [1.165, 1.54) is 0 Å². The monoisotopic (exact) mass is 477 g/mol. The summed E-state index contributed by atoms with van der Waals surface area (Å²) in [6.07, 6.45) is 0. The number of anilines is 1. The molecule has 1 N–H and O–H groups in total. The summed E-state index contributed by atoms with van der Waals surface area (Å²) >= 11 is 12.0. The zero-order chi connectivity index (χ0) is 22.1. The van der Waals surface area contributed by atoms with Gasteiger partial charge in [0.25, 0.3) is 0 Å². The molecule has 1 fully saturated rings. The standard InChI is InChI=1S/C19H19Cl2F2N3O3S/c1-12(19(27)24-16-7-2-4-13(20)17(16)21)25-8-10-26(11-9-25)30(28,29)18-14(22)5-3-6-15(18)23/h2-7,12H,8-11H2,1H3,(H,24,27). The fraction of sp³-hybridized carbons (Fsp3) is 0.316. The van der Waals surface area contributed by atoms with Gasteiger partial charge < -0.3 is 5.32 Å². The van der Waals surface area contributed by atoms with Gasteiger partial charge in [-0.1, -0.05) is 35.3 Å². The summed E-state index contributed by atoms with van der Waals surface area (Å²) in [5.74, 6) is -2.61. The van der Waals surface area contributed by atoms with E-state index in [4.69, 9.17) is 23.2 Å². The average Bonchev–Trinajstić information content (AvgIpc) is 2.70. The van der Waals surface area contributed by atoms with E-state index < -0.39 is 32.6 Å². The van der Waals surface area contributed by atoms with Crippen LogP contribution in [0.5, 0.6) is 0 Å². The van der Waals surface area contributed by atoms with Crippen molar-refractivity contribution in [2.45, 2.75) is 17.9 Å². The first-order valence-corrected chi connectivity index (χ1v) is 11.3. The van der Waals surface area contributed by atoms with Gasteiger partial charge in [-0.25, -0.2) is 17.2 Å². The highest BCUT2D eigenvalue weighted by atomic mass is 35.5. The number of nitrogens with zero attached hydrogens (tertiary/aromatic N) is 2. The number of hydrogen-bond donors (Lipinski definition) is 1. The van der Waals surface area contributed by atoms with Crippen LogP contribution < -0.4 is 5.32 Å². The molecular weight excluding hydrogens is 459 g/mol. The molecule has 0 saturated carbocycles. The third kappa shape index (κ3) is 4.60. The van der Waals surface area contributed by atoms with Crippen LogP contribution in [0.3, 0.4) is 0 Å². The first-order valence-electron chi connectivity index (χ1n) is 9.06. The summed E-state index contributed by atoms with van der Waals surface area (Å²) in [5.41, 5.74) is 0.372. The first-order chi connectivity index (χ1) is 14.1. The van der Waals surface area contributed by atoms with Gasteiger partial charge in [0.2, 0.25) is 15.9 Å². The van der Waals surface area contributed by atoms with Gasteiger partial charge in [-0.15, -0.1) is 0 Å². The molecule has 1 aliphatic rings. The lowest BCUT2D eigenvalue weighted by Crippen LogP contribution is -2.54. The van der Waals surface area contributed by atoms with Crippen molar-refractivity contribution in [3.63, 3.8) is 0 Å². The number of piperazine rings is 1. The van der Waals surface area contributed by atoms with Crippen LogP contribution in [0.2, 0.25) is 10.0 Å². The molecule has 0 bridgehead atoms. The smallest absolute Gasteiger partial charge is 0.249 e. The Hall–Kier alpha value is -1.78. The summed E-state index contributed by atoms with van der Waals surface area (Å²) < 4.78 is 54.3. The first kappa shape index (κ1) is 22.9. The fourth-order valence-electron chi connectivity index (χ4n) is 3.19. The molecule has 0 aromatic heterocycles. The molecule has 1 unspecified atom stereocenters. The Morgan fingerprint density at radius 1 is 1.03 bits per heavy atom. The molecule has 3 rings (SSSR count). The molecule has 1 atom stereocenters. The Morgan fingerprint density at radius 3 is 2.20 bits per heavy atom. The van der Waals surface area contributed by atoms with Gasteiger partial charge >= 0.3 is 0 Å². The Bertz CT molecular complexity index is 1040. The predicted molar refractivity (Wildman–Crippen MR) is 111 cm³/mol. The maximum atomic E-state index is 14.0. The van der Waals surface area contributed by atoms with Gasteiger partial charge in [0, 0.05) is 26.2 Å². The number of amides is 1. The van der Waals surface area contributed by atoms with E-state index in [9.17, 15) is 22.0 Å². The van der Waals surface area contributed by atoms with Crippen molar-refractivity contribution in [1.29, 1.82) is 0 Å². The van der Waals surface area contributed by atoms with E-state index in [-0.39, 0.29) is 37.1 Å². The van der Waals surface area contributed by atoms with Gasteiger partial charge in [0.05, 0.1) is 21.8 Å². The van der Waals surface area contributed by atoms with Crippen molar-refractivity contribution < 1.29 is 22.0 Å². The van der Waals surface area contributed by atoms with Crippen LogP contribution in [0.4, 0.5) is 14.5 Å². The van der Waals surface area contributed by atoms with Gasteiger partial charge in [0.1, 0.15) is 11.6 Å². The van der Waals surface area contributed by atoms with Crippen LogP contribution in [-0.2, 0) is 14.8 Å². The lowest BCUT2D eigenvalue weighted by Gasteiger charge is -2.36. The maximum Gasteiger partial charge on any atom is 0.249 e. The van der Waals surface area contributed by atoms with Crippen LogP contribution in [-0.4, -0.2) is 55.8 Å². The molecule has 6 nitrogen and oxygen atoms in total. The van der Waals surface area contributed by atoms with Gasteiger partial charge in [0.15, 0.2) is 4.90 Å². The summed E-state index contributed by atoms with van der Waals surface area (Å²) in [7, 11) is -4.33. The quantitative estimate of drug-likeness (QED) is 0.713. The molecule has 1 saturated heterocycles. The molecule has 162 valence electrons. The minimum absolute atomic E-state index is 0.00828. The summed E-state index contributed by atoms with van der Waals surface area (Å²) in [6, 6.07) is 7.19. The Kier molecular flexibility index (Phi) is 6.98. The van der Waals surface area contributed by atoms with Gasteiger partial charge in [-0.2, -0.15) is 4.31 Å². The number of sulfonamides is 1. The van der Waals surface area contributed by atoms with E-state index in [0.717, 1.165) is 22.5 Å². The van der Waals surface area contributed by atoms with Crippen LogP contribution >= 0.6 is 23.2 Å². The number of nitrogens with one attached hydrogen (secondary N) is 1. The topological polar surface area (TPSA) is 69.7 Å². The largest absolute Gasteiger partial charge is 0.323 e. The third-order valence-electron chi connectivity index (χ3n) is 4.93. The molecule has 0 aliphatic carbocycles. The molecule has 1 amide bonds. The number of hydrogen-bond acceptors (Lipinski definition) is 4. The predicted octanol–water partition coefficient (Wildman–Crippen LogP) is 3.61. The van der Waals surface area contributed by atoms with E-state index in [2.05, 4.69) is 5.32 Å². The number of halogens is 4. The van der Waals surface area contributed by atoms with Crippen LogP contribution in [0.15, 0.2) is 41.3 Å². The summed E-state index contributed by atoms with van der Waals surface area (Å²) in [4.78, 5) is 13.4. The Labute approximate surface area is 183 Å². The molecule has 0 radical (unpaired) electrons. The average molecular weight is 478 g/mol. The van der Waals surface area contributed by atoms with Crippen LogP contribution in [0.1, 0.15) is 6.92 Å². The molecule has 2 aromatic carbocycles. The maximum absolute atomic E-state index is 14.0. The summed E-state index contributed by atoms with van der Waals surface area (Å²) in [6.45, 7) is 2.09. The normalized spacial score (nSPS) is 17.0. The lowest BCUT2D eigenvalue weighted by atomic mass is 10.2. The van der Waals surface area contributed by atoms with E-state index in [1.807, 2.05) is 0 Å². The number of rotatable bonds is 5. The minimum atomic E-state index is -4.33. The Morgan fingerprint density at radius 2 is 1.60 bits per heavy atom. The lowest BCUT2D eigenvalue weighted by molar-refractivity contribution is -0.121. The molecular formula is C19H19Cl2F2N3O3S. The van der Waals surface area contributed by atoms with Gasteiger partial charge in [-0.05, 0) is 31.2 Å². The van der Waals surface area contributed by atoms with E-state index in [0.29, 0.717) is 10.7 Å². The van der Waals surface area contributed by atoms with E-state index >= 15 is 0 Å². The highest BCUT2D eigenvalue weighted by Gasteiger charge is 2.35. The van der Waals surface area contributed by atoms with E-state index in [1.54, 1.807) is 30.0 Å². The second-order valence-corrected chi connectivity index (χ2v) is 9.42. The molecule has 1 heterocycles. The highest BCUT2D eigenvalue weighted by molar-refractivity contribution is 7.89. The molecule has 1 aliphatic heterocycles. The molecule has 30 heavy (non-hydrogen) atoms. The van der Waals surface area contributed by atoms with Gasteiger partial charge in [-0.3, -0.25) is 9.69 Å². The number of carbonyl (C=O) groups excluding carboxylic acids is 1. The van der Waals surface area contributed by atoms with Crippen molar-refractivity contribution in [2.75, 3.05) is 31.5 Å². The van der Waals surface area contributed by atoms with Crippen molar-refractivity contribution in [3.05, 3.63) is 58.1 Å². The van der Waals surface area contributed by atoms with Crippen molar-refractivity contribution in [2.24, 2.45) is 0 Å². The van der Waals surface area contributed by atoms with Crippen molar-refractivity contribution in [3.8, 4) is 0 Å². The van der Waals surface area contributed by atoms with Crippen LogP contribution in [0, 0.1) is 11.6 Å². The highest BCUT2D eigenvalue weighted by Crippen LogP contribution is 2.30. The van der Waals surface area contributed by atoms with Crippen LogP contribution in [0.25, 0.3) is 0 Å². The minimum Gasteiger partial charge on any atom is -0.323 e. The zero-order valence-electron chi connectivity index (χ0n) is 15.9. The second-order valence-electron chi connectivity index (χ2n) is 6.76. The second kappa shape index (κ2) is 9.15. The number of carbonyl (C=O) groups is 1. The molecule has 11 heteroatoms. The fourth-order valence-corrected chi connectivity index (χ4v) is 5.07. The zero-order valence-corrected chi connectivity index (χ0v) is 18.2. The SMILES string of the molecule is CC(C(=O)Nc1cccc(Cl)c1Cl)N1CCN(S(=O)(=O)c2c(F)cccc2F)CC1. The summed E-state index contributed by atoms with van der Waals surface area (Å²) in [5, 5.41) is 3.23. The third-order valence-corrected chi connectivity index (χ3v) is 7.70. The number of benzene rings is 2. The van der Waals surface area contributed by atoms with Crippen molar-refractivity contribution in [1.82, 2.24) is 9.21 Å².